The Labute approximate surface area is 142 Å². The second kappa shape index (κ2) is 7.21. The van der Waals surface area contributed by atoms with Crippen LogP contribution in [0, 0.1) is 6.92 Å². The number of amides is 1. The molecule has 2 aromatic heterocycles. The fourth-order valence-corrected chi connectivity index (χ4v) is 3.28. The smallest absolute Gasteiger partial charge is 0.256 e. The number of hydrogen-bond donors (Lipinski definition) is 1. The average Bonchev–Trinajstić information content (AvgIpc) is 3.28. The van der Waals surface area contributed by atoms with Crippen molar-refractivity contribution in [3.05, 3.63) is 41.2 Å². The number of carbonyl (C=O) groups is 1. The summed E-state index contributed by atoms with van der Waals surface area (Å²) in [5.41, 5.74) is 1.19. The van der Waals surface area contributed by atoms with E-state index >= 15 is 0 Å². The number of carbonyl (C=O) groups excluding carboxylic acids is 1. The van der Waals surface area contributed by atoms with Gasteiger partial charge in [-0.05, 0) is 45.0 Å². The first-order valence-electron chi connectivity index (χ1n) is 8.59. The molecule has 0 bridgehead atoms. The van der Waals surface area contributed by atoms with Crippen LogP contribution >= 0.6 is 0 Å². The minimum atomic E-state index is -0.131. The van der Waals surface area contributed by atoms with Gasteiger partial charge in [-0.25, -0.2) is 0 Å². The summed E-state index contributed by atoms with van der Waals surface area (Å²) in [6.07, 6.45) is 4.06. The molecule has 1 aliphatic rings. The number of aromatic nitrogens is 1. The van der Waals surface area contributed by atoms with E-state index in [0.29, 0.717) is 23.6 Å². The fourth-order valence-electron chi connectivity index (χ4n) is 3.28. The van der Waals surface area contributed by atoms with Crippen LogP contribution in [0.3, 0.4) is 0 Å². The molecule has 1 aliphatic heterocycles. The van der Waals surface area contributed by atoms with E-state index in [9.17, 15) is 4.79 Å². The SMILES string of the molecule is Cc1noc(C(C)C)c1C(=O)NCC(c1ccco1)N1CCCC1. The van der Waals surface area contributed by atoms with Crippen LogP contribution in [0.1, 0.15) is 66.2 Å². The fraction of sp³-hybridized carbons (Fsp3) is 0.556. The van der Waals surface area contributed by atoms with Crippen LogP contribution in [0.4, 0.5) is 0 Å². The summed E-state index contributed by atoms with van der Waals surface area (Å²) in [7, 11) is 0. The van der Waals surface area contributed by atoms with Gasteiger partial charge in [-0.15, -0.1) is 0 Å². The van der Waals surface area contributed by atoms with Gasteiger partial charge in [-0.1, -0.05) is 19.0 Å². The average molecular weight is 331 g/mol. The van der Waals surface area contributed by atoms with Gasteiger partial charge in [-0.2, -0.15) is 0 Å². The number of furan rings is 1. The van der Waals surface area contributed by atoms with E-state index in [-0.39, 0.29) is 17.9 Å². The van der Waals surface area contributed by atoms with Crippen molar-refractivity contribution in [3.8, 4) is 0 Å². The molecule has 0 saturated carbocycles. The minimum Gasteiger partial charge on any atom is -0.468 e. The predicted molar refractivity (Wildman–Crippen MR) is 89.9 cm³/mol. The lowest BCUT2D eigenvalue weighted by atomic mass is 10.0. The van der Waals surface area contributed by atoms with Gasteiger partial charge in [0.05, 0.1) is 18.0 Å². The first-order chi connectivity index (χ1) is 11.6. The first kappa shape index (κ1) is 16.8. The van der Waals surface area contributed by atoms with E-state index in [1.165, 1.54) is 12.8 Å². The summed E-state index contributed by atoms with van der Waals surface area (Å²) in [6, 6.07) is 3.93. The third kappa shape index (κ3) is 3.38. The topological polar surface area (TPSA) is 71.5 Å². The van der Waals surface area contributed by atoms with Crippen LogP contribution < -0.4 is 5.32 Å². The molecule has 1 atom stereocenters. The molecule has 1 amide bonds. The molecule has 6 heteroatoms. The summed E-state index contributed by atoms with van der Waals surface area (Å²) in [4.78, 5) is 15.0. The maximum atomic E-state index is 12.7. The largest absolute Gasteiger partial charge is 0.468 e. The zero-order valence-corrected chi connectivity index (χ0v) is 14.5. The van der Waals surface area contributed by atoms with Crippen molar-refractivity contribution in [1.82, 2.24) is 15.4 Å². The molecular formula is C18H25N3O3. The van der Waals surface area contributed by atoms with Gasteiger partial charge in [0.2, 0.25) is 0 Å². The summed E-state index contributed by atoms with van der Waals surface area (Å²) >= 11 is 0. The lowest BCUT2D eigenvalue weighted by Gasteiger charge is -2.26. The van der Waals surface area contributed by atoms with Crippen LogP contribution in [0.15, 0.2) is 27.3 Å². The van der Waals surface area contributed by atoms with Crippen molar-refractivity contribution in [2.45, 2.75) is 45.6 Å². The Morgan fingerprint density at radius 2 is 2.12 bits per heavy atom. The number of rotatable bonds is 6. The van der Waals surface area contributed by atoms with Gasteiger partial charge in [0.15, 0.2) is 5.76 Å². The van der Waals surface area contributed by atoms with Gasteiger partial charge >= 0.3 is 0 Å². The number of nitrogens with one attached hydrogen (secondary N) is 1. The molecule has 0 spiro atoms. The highest BCUT2D eigenvalue weighted by molar-refractivity contribution is 5.96. The Morgan fingerprint density at radius 1 is 1.38 bits per heavy atom. The van der Waals surface area contributed by atoms with Crippen LogP contribution in [0.25, 0.3) is 0 Å². The molecule has 1 fully saturated rings. The summed E-state index contributed by atoms with van der Waals surface area (Å²) in [5.74, 6) is 1.52. The molecule has 0 aromatic carbocycles. The lowest BCUT2D eigenvalue weighted by molar-refractivity contribution is 0.0930. The number of likely N-dealkylation sites (tertiary alicyclic amines) is 1. The molecular weight excluding hydrogens is 306 g/mol. The molecule has 0 radical (unpaired) electrons. The Morgan fingerprint density at radius 3 is 2.75 bits per heavy atom. The zero-order valence-electron chi connectivity index (χ0n) is 14.5. The normalized spacial score (nSPS) is 16.7. The Hall–Kier alpha value is -2.08. The predicted octanol–water partition coefficient (Wildman–Crippen LogP) is 3.27. The van der Waals surface area contributed by atoms with Crippen LogP contribution in [-0.2, 0) is 0 Å². The summed E-state index contributed by atoms with van der Waals surface area (Å²) in [6.45, 7) is 8.36. The van der Waals surface area contributed by atoms with Crippen LogP contribution in [-0.4, -0.2) is 35.6 Å². The third-order valence-corrected chi connectivity index (χ3v) is 4.55. The Bertz CT molecular complexity index is 670. The molecule has 2 aromatic rings. The second-order valence-corrected chi connectivity index (χ2v) is 6.65. The maximum Gasteiger partial charge on any atom is 0.256 e. The maximum absolute atomic E-state index is 12.7. The number of nitrogens with zero attached hydrogens (tertiary/aromatic N) is 2. The van der Waals surface area contributed by atoms with Crippen molar-refractivity contribution >= 4 is 5.91 Å². The van der Waals surface area contributed by atoms with Crippen molar-refractivity contribution in [3.63, 3.8) is 0 Å². The second-order valence-electron chi connectivity index (χ2n) is 6.65. The van der Waals surface area contributed by atoms with Gasteiger partial charge < -0.3 is 14.3 Å². The molecule has 1 N–H and O–H groups in total. The molecule has 1 unspecified atom stereocenters. The molecule has 0 aliphatic carbocycles. The highest BCUT2D eigenvalue weighted by Gasteiger charge is 2.28. The van der Waals surface area contributed by atoms with Crippen molar-refractivity contribution in [1.29, 1.82) is 0 Å². The highest BCUT2D eigenvalue weighted by Crippen LogP contribution is 2.26. The monoisotopic (exact) mass is 331 g/mol. The quantitative estimate of drug-likeness (QED) is 0.879. The Balaban J connectivity index is 1.73. The van der Waals surface area contributed by atoms with Crippen molar-refractivity contribution in [2.24, 2.45) is 0 Å². The van der Waals surface area contributed by atoms with E-state index in [0.717, 1.165) is 18.8 Å². The molecule has 3 heterocycles. The van der Waals surface area contributed by atoms with Gasteiger partial charge in [0.25, 0.3) is 5.91 Å². The number of hydrogen-bond acceptors (Lipinski definition) is 5. The summed E-state index contributed by atoms with van der Waals surface area (Å²) < 4.78 is 10.9. The third-order valence-electron chi connectivity index (χ3n) is 4.55. The minimum absolute atomic E-state index is 0.0640. The number of aryl methyl sites for hydroxylation is 1. The summed E-state index contributed by atoms with van der Waals surface area (Å²) in [5, 5.41) is 6.99. The Kier molecular flexibility index (Phi) is 5.04. The highest BCUT2D eigenvalue weighted by atomic mass is 16.5. The molecule has 3 rings (SSSR count). The first-order valence-corrected chi connectivity index (χ1v) is 8.59. The standard InChI is InChI=1S/C18H25N3O3/c1-12(2)17-16(13(3)20-24-17)18(22)19-11-14(15-7-6-10-23-15)21-8-4-5-9-21/h6-7,10,12,14H,4-5,8-9,11H2,1-3H3,(H,19,22). The molecule has 24 heavy (non-hydrogen) atoms. The van der Waals surface area contributed by atoms with E-state index in [2.05, 4.69) is 15.4 Å². The van der Waals surface area contributed by atoms with Crippen molar-refractivity contribution < 1.29 is 13.7 Å². The molecule has 1 saturated heterocycles. The lowest BCUT2D eigenvalue weighted by Crippen LogP contribution is -2.37. The van der Waals surface area contributed by atoms with E-state index in [1.807, 2.05) is 26.0 Å². The van der Waals surface area contributed by atoms with E-state index < -0.39 is 0 Å². The van der Waals surface area contributed by atoms with Crippen LogP contribution in [0.5, 0.6) is 0 Å². The molecule has 6 nitrogen and oxygen atoms in total. The van der Waals surface area contributed by atoms with Gasteiger partial charge in [0, 0.05) is 12.5 Å². The van der Waals surface area contributed by atoms with Gasteiger partial charge in [0.1, 0.15) is 11.3 Å². The van der Waals surface area contributed by atoms with Gasteiger partial charge in [-0.3, -0.25) is 9.69 Å². The zero-order chi connectivity index (χ0) is 17.1. The van der Waals surface area contributed by atoms with E-state index in [1.54, 1.807) is 13.2 Å². The van der Waals surface area contributed by atoms with Crippen LogP contribution in [0.2, 0.25) is 0 Å². The molecule has 130 valence electrons. The van der Waals surface area contributed by atoms with E-state index in [4.69, 9.17) is 8.94 Å². The van der Waals surface area contributed by atoms with Crippen molar-refractivity contribution in [2.75, 3.05) is 19.6 Å².